The number of urea groups is 1. The number of nitrogens with one attached hydrogen (secondary N) is 2. The smallest absolute Gasteiger partial charge is 0.324 e. The SMILES string of the molecule is CS(=O)(=O)O.Cc1ccc(-n2nc(C(C)(CF)CF)cc2NC(=O)Nc2cnc(OC3CCN(C(=O)c4c(F)cccc4F)CC3)c3ccccc23)cc1. The van der Waals surface area contributed by atoms with E-state index in [1.165, 1.54) is 34.8 Å². The van der Waals surface area contributed by atoms with Gasteiger partial charge in [-0.1, -0.05) is 42.0 Å². The Balaban J connectivity index is 0.00000105. The number of amides is 3. The highest BCUT2D eigenvalue weighted by molar-refractivity contribution is 7.85. The van der Waals surface area contributed by atoms with Crippen LogP contribution in [-0.2, 0) is 15.5 Å². The number of aromatic nitrogens is 3. The first-order chi connectivity index (χ1) is 25.6. The Hall–Kier alpha value is -5.55. The third-order valence-electron chi connectivity index (χ3n) is 8.63. The molecule has 12 nitrogen and oxygen atoms in total. The van der Waals surface area contributed by atoms with Crippen molar-refractivity contribution in [2.45, 2.75) is 38.2 Å². The molecule has 0 unspecified atom stereocenters. The number of ether oxygens (including phenoxy) is 1. The summed E-state index contributed by atoms with van der Waals surface area (Å²) in [7, 11) is -3.67. The molecule has 6 rings (SSSR count). The second-order valence-electron chi connectivity index (χ2n) is 13.0. The summed E-state index contributed by atoms with van der Waals surface area (Å²) in [5, 5.41) is 11.3. The number of benzene rings is 3. The molecule has 1 fully saturated rings. The van der Waals surface area contributed by atoms with Crippen LogP contribution in [0.5, 0.6) is 5.88 Å². The molecule has 0 saturated carbocycles. The number of pyridine rings is 1. The Kier molecular flexibility index (Phi) is 12.2. The third kappa shape index (κ3) is 9.51. The Morgan fingerprint density at radius 1 is 0.944 bits per heavy atom. The van der Waals surface area contributed by atoms with Crippen LogP contribution in [0.1, 0.15) is 41.4 Å². The molecule has 1 saturated heterocycles. The van der Waals surface area contributed by atoms with Crippen molar-refractivity contribution in [2.24, 2.45) is 0 Å². The summed E-state index contributed by atoms with van der Waals surface area (Å²) in [6, 6.07) is 18.7. The normalized spacial score (nSPS) is 13.6. The van der Waals surface area contributed by atoms with Gasteiger partial charge in [-0.15, -0.1) is 0 Å². The number of fused-ring (bicyclic) bond motifs is 1. The largest absolute Gasteiger partial charge is 0.474 e. The van der Waals surface area contributed by atoms with Gasteiger partial charge in [-0.25, -0.2) is 32.0 Å². The Bertz CT molecular complexity index is 2210. The molecule has 3 heterocycles. The number of likely N-dealkylation sites (tertiary alicyclic amines) is 1. The van der Waals surface area contributed by atoms with Gasteiger partial charge in [0.1, 0.15) is 42.5 Å². The molecule has 0 aliphatic carbocycles. The van der Waals surface area contributed by atoms with Crippen molar-refractivity contribution >= 4 is 44.3 Å². The van der Waals surface area contributed by atoms with Gasteiger partial charge in [0.2, 0.25) is 5.88 Å². The van der Waals surface area contributed by atoms with E-state index in [1.807, 2.05) is 19.1 Å². The Labute approximate surface area is 308 Å². The minimum atomic E-state index is -3.67. The fourth-order valence-corrected chi connectivity index (χ4v) is 5.65. The molecule has 54 heavy (non-hydrogen) atoms. The second-order valence-corrected chi connectivity index (χ2v) is 14.5. The number of carbonyl (C=O) groups is 2. The number of hydrogen-bond acceptors (Lipinski definition) is 7. The molecule has 1 aliphatic heterocycles. The van der Waals surface area contributed by atoms with Crippen LogP contribution >= 0.6 is 0 Å². The highest BCUT2D eigenvalue weighted by atomic mass is 32.2. The average Bonchev–Trinajstić information content (AvgIpc) is 3.56. The van der Waals surface area contributed by atoms with Crippen LogP contribution in [-0.4, -0.2) is 83.4 Å². The maximum absolute atomic E-state index is 14.2. The first kappa shape index (κ1) is 39.7. The second kappa shape index (κ2) is 16.6. The summed E-state index contributed by atoms with van der Waals surface area (Å²) in [5.41, 5.74) is 0.0749. The van der Waals surface area contributed by atoms with Crippen LogP contribution in [0.25, 0.3) is 16.5 Å². The molecule has 3 aromatic carbocycles. The van der Waals surface area contributed by atoms with E-state index in [4.69, 9.17) is 9.29 Å². The molecular formula is C37H38F4N6O6S. The van der Waals surface area contributed by atoms with Gasteiger partial charge in [0.15, 0.2) is 0 Å². The van der Waals surface area contributed by atoms with Crippen molar-refractivity contribution in [3.63, 3.8) is 0 Å². The fourth-order valence-electron chi connectivity index (χ4n) is 5.65. The number of piperidine rings is 1. The zero-order valence-corrected chi connectivity index (χ0v) is 30.3. The molecule has 0 bridgehead atoms. The fraction of sp³-hybridized carbons (Fsp3) is 0.297. The lowest BCUT2D eigenvalue weighted by atomic mass is 9.90. The number of nitrogens with zero attached hydrogens (tertiary/aromatic N) is 4. The lowest BCUT2D eigenvalue weighted by Gasteiger charge is -2.32. The number of hydrogen-bond donors (Lipinski definition) is 3. The molecule has 1 aliphatic rings. The van der Waals surface area contributed by atoms with E-state index in [9.17, 15) is 35.6 Å². The molecule has 0 radical (unpaired) electrons. The van der Waals surface area contributed by atoms with Crippen molar-refractivity contribution < 1.29 is 44.9 Å². The van der Waals surface area contributed by atoms with Crippen LogP contribution in [0.15, 0.2) is 79.0 Å². The van der Waals surface area contributed by atoms with Crippen LogP contribution in [0.2, 0.25) is 0 Å². The predicted molar refractivity (Wildman–Crippen MR) is 195 cm³/mol. The predicted octanol–water partition coefficient (Wildman–Crippen LogP) is 7.04. The van der Waals surface area contributed by atoms with Gasteiger partial charge < -0.3 is 15.0 Å². The van der Waals surface area contributed by atoms with Gasteiger partial charge in [0.25, 0.3) is 16.0 Å². The minimum absolute atomic E-state index is 0.150. The third-order valence-corrected chi connectivity index (χ3v) is 8.63. The molecular weight excluding hydrogens is 733 g/mol. The lowest BCUT2D eigenvalue weighted by molar-refractivity contribution is 0.0582. The van der Waals surface area contributed by atoms with Crippen LogP contribution in [0.4, 0.5) is 33.9 Å². The number of alkyl halides is 2. The molecule has 0 spiro atoms. The molecule has 0 atom stereocenters. The number of carbonyl (C=O) groups excluding carboxylic acids is 2. The lowest BCUT2D eigenvalue weighted by Crippen LogP contribution is -2.42. The van der Waals surface area contributed by atoms with E-state index in [2.05, 4.69) is 20.7 Å². The first-order valence-corrected chi connectivity index (χ1v) is 18.5. The Morgan fingerprint density at radius 2 is 1.54 bits per heavy atom. The van der Waals surface area contributed by atoms with Crippen molar-refractivity contribution in [1.29, 1.82) is 0 Å². The first-order valence-electron chi connectivity index (χ1n) is 16.7. The summed E-state index contributed by atoms with van der Waals surface area (Å²) in [6.07, 6.45) is 2.69. The van der Waals surface area contributed by atoms with E-state index in [1.54, 1.807) is 36.4 Å². The number of halogens is 4. The van der Waals surface area contributed by atoms with Gasteiger partial charge in [0, 0.05) is 42.8 Å². The van der Waals surface area contributed by atoms with Gasteiger partial charge >= 0.3 is 6.03 Å². The van der Waals surface area contributed by atoms with Crippen molar-refractivity contribution in [1.82, 2.24) is 19.7 Å². The van der Waals surface area contributed by atoms with E-state index in [-0.39, 0.29) is 30.7 Å². The van der Waals surface area contributed by atoms with Gasteiger partial charge in [0.05, 0.1) is 34.9 Å². The minimum Gasteiger partial charge on any atom is -0.474 e. The Morgan fingerprint density at radius 3 is 2.13 bits per heavy atom. The highest BCUT2D eigenvalue weighted by Gasteiger charge is 2.32. The average molecular weight is 771 g/mol. The van der Waals surface area contributed by atoms with Crippen LogP contribution < -0.4 is 15.4 Å². The van der Waals surface area contributed by atoms with Crippen LogP contribution in [0.3, 0.4) is 0 Å². The standard InChI is InChI=1S/C36H34F4N6O3.CH4O3S/c1-22-10-12-23(13-11-22)46-31(18-30(44-46)36(2,20-37)21-38)43-35(48)42-29-19-41-33(26-7-4-3-6-25(26)29)49-24-14-16-45(17-15-24)34(47)32-27(39)8-5-9-28(32)40;1-5(2,3)4/h3-13,18-19,24H,14-17,20-21H2,1-2H3,(H2,42,43,48);1H3,(H,2,3,4). The highest BCUT2D eigenvalue weighted by Crippen LogP contribution is 2.32. The number of anilines is 2. The number of rotatable bonds is 9. The summed E-state index contributed by atoms with van der Waals surface area (Å²) >= 11 is 0. The molecule has 3 amide bonds. The number of aryl methyl sites for hydroxylation is 1. The molecule has 2 aromatic heterocycles. The summed E-state index contributed by atoms with van der Waals surface area (Å²) in [5.74, 6) is -1.97. The molecule has 5 aromatic rings. The summed E-state index contributed by atoms with van der Waals surface area (Å²) in [4.78, 5) is 32.0. The zero-order valence-electron chi connectivity index (χ0n) is 29.5. The van der Waals surface area contributed by atoms with Crippen molar-refractivity contribution in [3.05, 3.63) is 107 Å². The van der Waals surface area contributed by atoms with E-state index in [0.717, 1.165) is 17.7 Å². The molecule has 3 N–H and O–H groups in total. The summed E-state index contributed by atoms with van der Waals surface area (Å²) in [6.45, 7) is 1.88. The monoisotopic (exact) mass is 770 g/mol. The molecule has 17 heteroatoms. The van der Waals surface area contributed by atoms with Gasteiger partial charge in [-0.2, -0.15) is 13.5 Å². The maximum Gasteiger partial charge on any atom is 0.324 e. The van der Waals surface area contributed by atoms with E-state index in [0.29, 0.717) is 47.1 Å². The van der Waals surface area contributed by atoms with Gasteiger partial charge in [-0.3, -0.25) is 14.7 Å². The van der Waals surface area contributed by atoms with Crippen LogP contribution in [0, 0.1) is 18.6 Å². The van der Waals surface area contributed by atoms with Gasteiger partial charge in [-0.05, 0) is 44.2 Å². The zero-order chi connectivity index (χ0) is 39.2. The summed E-state index contributed by atoms with van der Waals surface area (Å²) < 4.78 is 89.7. The molecule has 286 valence electrons. The van der Waals surface area contributed by atoms with Crippen molar-refractivity contribution in [3.8, 4) is 11.6 Å². The maximum atomic E-state index is 14.2. The quantitative estimate of drug-likeness (QED) is 0.107. The van der Waals surface area contributed by atoms with Crippen molar-refractivity contribution in [2.75, 3.05) is 43.3 Å². The van der Waals surface area contributed by atoms with E-state index < -0.39 is 58.0 Å². The van der Waals surface area contributed by atoms with E-state index >= 15 is 0 Å². The topological polar surface area (TPSA) is 156 Å².